The Bertz CT molecular complexity index is 176. The van der Waals surface area contributed by atoms with Crippen molar-refractivity contribution in [3.8, 4) is 0 Å². The summed E-state index contributed by atoms with van der Waals surface area (Å²) in [6.07, 6.45) is 3.40. The Morgan fingerprint density at radius 1 is 1.23 bits per heavy atom. The first kappa shape index (κ1) is 9.44. The maximum absolute atomic E-state index is 5.91. The molecule has 0 amide bonds. The lowest BCUT2D eigenvalue weighted by Crippen LogP contribution is -2.49. The van der Waals surface area contributed by atoms with E-state index >= 15 is 0 Å². The van der Waals surface area contributed by atoms with Crippen molar-refractivity contribution in [3.63, 3.8) is 0 Å². The van der Waals surface area contributed by atoms with E-state index < -0.39 is 0 Å². The van der Waals surface area contributed by atoms with Crippen LogP contribution in [0.1, 0.15) is 26.2 Å². The van der Waals surface area contributed by atoms with Crippen molar-refractivity contribution < 1.29 is 9.47 Å². The molecule has 0 saturated carbocycles. The molecule has 76 valence electrons. The molecule has 13 heavy (non-hydrogen) atoms. The van der Waals surface area contributed by atoms with Gasteiger partial charge < -0.3 is 14.4 Å². The van der Waals surface area contributed by atoms with Crippen LogP contribution in [0, 0.1) is 0 Å². The zero-order chi connectivity index (χ0) is 9.31. The fourth-order valence-corrected chi connectivity index (χ4v) is 2.25. The van der Waals surface area contributed by atoms with Crippen LogP contribution in [-0.4, -0.2) is 43.5 Å². The highest BCUT2D eigenvalue weighted by Gasteiger charge is 2.38. The number of rotatable bonds is 0. The van der Waals surface area contributed by atoms with Gasteiger partial charge in [0.25, 0.3) is 0 Å². The van der Waals surface area contributed by atoms with E-state index in [1.165, 1.54) is 0 Å². The van der Waals surface area contributed by atoms with Gasteiger partial charge in [-0.05, 0) is 26.8 Å². The van der Waals surface area contributed by atoms with E-state index in [1.807, 2.05) is 6.92 Å². The van der Waals surface area contributed by atoms with Crippen molar-refractivity contribution in [1.29, 1.82) is 0 Å². The summed E-state index contributed by atoms with van der Waals surface area (Å²) in [6, 6.07) is 0. The number of likely N-dealkylation sites (tertiary alicyclic amines) is 1. The molecule has 3 nitrogen and oxygen atoms in total. The van der Waals surface area contributed by atoms with E-state index in [-0.39, 0.29) is 11.9 Å². The van der Waals surface area contributed by atoms with Crippen LogP contribution in [0.3, 0.4) is 0 Å². The number of hydrogen-bond donors (Lipinski definition) is 0. The maximum Gasteiger partial charge on any atom is 0.155 e. The van der Waals surface area contributed by atoms with Gasteiger partial charge in [-0.1, -0.05) is 0 Å². The Hall–Kier alpha value is -0.120. The normalized spacial score (nSPS) is 35.1. The summed E-state index contributed by atoms with van der Waals surface area (Å²) in [4.78, 5) is 2.37. The predicted octanol–water partition coefficient (Wildman–Crippen LogP) is 1.23. The van der Waals surface area contributed by atoms with Gasteiger partial charge in [0, 0.05) is 19.5 Å². The molecule has 0 aromatic heterocycles. The Kier molecular flexibility index (Phi) is 2.58. The standard InChI is InChI=1S/C10H19NO2/c1-9-12-8-5-10(13-9)3-6-11(2)7-4-10/h9H,3-8H2,1-2H3/t9-/m0/s1. The first-order valence-electron chi connectivity index (χ1n) is 5.18. The van der Waals surface area contributed by atoms with Gasteiger partial charge in [0.2, 0.25) is 0 Å². The number of piperidine rings is 1. The van der Waals surface area contributed by atoms with Crippen LogP contribution in [0.15, 0.2) is 0 Å². The summed E-state index contributed by atoms with van der Waals surface area (Å²) >= 11 is 0. The fraction of sp³-hybridized carbons (Fsp3) is 1.00. The lowest BCUT2D eigenvalue weighted by atomic mass is 9.88. The Balaban J connectivity index is 1.95. The Labute approximate surface area is 80.0 Å². The summed E-state index contributed by atoms with van der Waals surface area (Å²) in [6.45, 7) is 5.18. The molecule has 0 unspecified atom stereocenters. The molecule has 1 atom stereocenters. The van der Waals surface area contributed by atoms with Gasteiger partial charge in [-0.3, -0.25) is 0 Å². The minimum absolute atomic E-state index is 0.00263. The number of ether oxygens (including phenoxy) is 2. The lowest BCUT2D eigenvalue weighted by molar-refractivity contribution is -0.258. The first-order valence-corrected chi connectivity index (χ1v) is 5.18. The summed E-state index contributed by atoms with van der Waals surface area (Å²) in [5.41, 5.74) is 0.143. The average molecular weight is 185 g/mol. The molecule has 2 rings (SSSR count). The van der Waals surface area contributed by atoms with E-state index in [9.17, 15) is 0 Å². The molecule has 0 radical (unpaired) electrons. The molecule has 0 aromatic rings. The van der Waals surface area contributed by atoms with Crippen LogP contribution in [0.5, 0.6) is 0 Å². The van der Waals surface area contributed by atoms with Gasteiger partial charge in [-0.15, -0.1) is 0 Å². The van der Waals surface area contributed by atoms with Crippen molar-refractivity contribution in [3.05, 3.63) is 0 Å². The van der Waals surface area contributed by atoms with E-state index in [0.717, 1.165) is 39.0 Å². The van der Waals surface area contributed by atoms with Crippen molar-refractivity contribution in [2.75, 3.05) is 26.7 Å². The summed E-state index contributed by atoms with van der Waals surface area (Å²) in [5, 5.41) is 0. The van der Waals surface area contributed by atoms with Crippen LogP contribution in [0.4, 0.5) is 0 Å². The van der Waals surface area contributed by atoms with Crippen molar-refractivity contribution in [1.82, 2.24) is 4.90 Å². The molecule has 2 saturated heterocycles. The topological polar surface area (TPSA) is 21.7 Å². The molecular formula is C10H19NO2. The molecule has 0 aromatic carbocycles. The van der Waals surface area contributed by atoms with Crippen LogP contribution in [0.2, 0.25) is 0 Å². The molecule has 2 aliphatic heterocycles. The molecule has 2 fully saturated rings. The van der Waals surface area contributed by atoms with Gasteiger partial charge in [0.1, 0.15) is 0 Å². The SMILES string of the molecule is C[C@H]1OCCC2(CCN(C)CC2)O1. The Morgan fingerprint density at radius 3 is 2.54 bits per heavy atom. The van der Waals surface area contributed by atoms with E-state index in [1.54, 1.807) is 0 Å². The van der Waals surface area contributed by atoms with Gasteiger partial charge in [0.05, 0.1) is 12.2 Å². The molecule has 2 heterocycles. The monoisotopic (exact) mass is 185 g/mol. The molecule has 1 spiro atoms. The van der Waals surface area contributed by atoms with Crippen LogP contribution in [0.25, 0.3) is 0 Å². The molecule has 0 N–H and O–H groups in total. The molecule has 2 aliphatic rings. The predicted molar refractivity (Wildman–Crippen MR) is 50.6 cm³/mol. The fourth-order valence-electron chi connectivity index (χ4n) is 2.25. The lowest BCUT2D eigenvalue weighted by Gasteiger charge is -2.44. The van der Waals surface area contributed by atoms with Crippen molar-refractivity contribution >= 4 is 0 Å². The Morgan fingerprint density at radius 2 is 1.92 bits per heavy atom. The largest absolute Gasteiger partial charge is 0.353 e. The van der Waals surface area contributed by atoms with Gasteiger partial charge in [0.15, 0.2) is 6.29 Å². The highest BCUT2D eigenvalue weighted by atomic mass is 16.7. The van der Waals surface area contributed by atoms with Crippen LogP contribution >= 0.6 is 0 Å². The van der Waals surface area contributed by atoms with Crippen LogP contribution < -0.4 is 0 Å². The van der Waals surface area contributed by atoms with E-state index in [0.29, 0.717) is 0 Å². The van der Waals surface area contributed by atoms with Crippen LogP contribution in [-0.2, 0) is 9.47 Å². The second kappa shape index (κ2) is 3.56. The molecule has 0 bridgehead atoms. The second-order valence-electron chi connectivity index (χ2n) is 4.29. The van der Waals surface area contributed by atoms with E-state index in [2.05, 4.69) is 11.9 Å². The maximum atomic E-state index is 5.91. The quantitative estimate of drug-likeness (QED) is 0.566. The number of nitrogens with zero attached hydrogens (tertiary/aromatic N) is 1. The first-order chi connectivity index (χ1) is 6.20. The van der Waals surface area contributed by atoms with Crippen molar-refractivity contribution in [2.45, 2.75) is 38.1 Å². The minimum Gasteiger partial charge on any atom is -0.353 e. The summed E-state index contributed by atoms with van der Waals surface area (Å²) < 4.78 is 11.3. The number of hydrogen-bond acceptors (Lipinski definition) is 3. The second-order valence-corrected chi connectivity index (χ2v) is 4.29. The smallest absolute Gasteiger partial charge is 0.155 e. The summed E-state index contributed by atoms with van der Waals surface area (Å²) in [7, 11) is 2.18. The highest BCUT2D eigenvalue weighted by molar-refractivity contribution is 4.88. The van der Waals surface area contributed by atoms with Gasteiger partial charge in [-0.2, -0.15) is 0 Å². The highest BCUT2D eigenvalue weighted by Crippen LogP contribution is 2.33. The van der Waals surface area contributed by atoms with Gasteiger partial charge >= 0.3 is 0 Å². The summed E-state index contributed by atoms with van der Waals surface area (Å²) in [5.74, 6) is 0. The zero-order valence-electron chi connectivity index (χ0n) is 8.58. The average Bonchev–Trinajstić information content (AvgIpc) is 2.11. The molecule has 0 aliphatic carbocycles. The van der Waals surface area contributed by atoms with E-state index in [4.69, 9.17) is 9.47 Å². The molecule has 3 heteroatoms. The van der Waals surface area contributed by atoms with Gasteiger partial charge in [-0.25, -0.2) is 0 Å². The molecular weight excluding hydrogens is 166 g/mol. The minimum atomic E-state index is -0.00263. The third kappa shape index (κ3) is 2.03. The van der Waals surface area contributed by atoms with Crippen molar-refractivity contribution in [2.24, 2.45) is 0 Å². The zero-order valence-corrected chi connectivity index (χ0v) is 8.58. The third-order valence-electron chi connectivity index (χ3n) is 3.22. The third-order valence-corrected chi connectivity index (χ3v) is 3.22.